The normalized spacial score (nSPS) is 12.0. The van der Waals surface area contributed by atoms with Crippen molar-refractivity contribution >= 4 is 11.7 Å². The van der Waals surface area contributed by atoms with Gasteiger partial charge in [-0.15, -0.1) is 0 Å². The highest BCUT2D eigenvalue weighted by Crippen LogP contribution is 2.27. The first-order valence-electron chi connectivity index (χ1n) is 7.02. The number of carbonyl (C=O) groups is 1. The Kier molecular flexibility index (Phi) is 5.28. The summed E-state index contributed by atoms with van der Waals surface area (Å²) in [5.74, 6) is -1.28. The van der Waals surface area contributed by atoms with Crippen molar-refractivity contribution in [1.82, 2.24) is 0 Å². The van der Waals surface area contributed by atoms with E-state index in [0.29, 0.717) is 0 Å². The minimum absolute atomic E-state index is 0.0367. The third-order valence-electron chi connectivity index (χ3n) is 3.16. The van der Waals surface area contributed by atoms with Crippen LogP contribution in [0.5, 0.6) is 5.75 Å². The van der Waals surface area contributed by atoms with Crippen LogP contribution in [0.15, 0.2) is 54.6 Å². The van der Waals surface area contributed by atoms with Crippen LogP contribution >= 0.6 is 0 Å². The molecule has 126 valence electrons. The maximum absolute atomic E-state index is 12.8. The molecule has 24 heavy (non-hydrogen) atoms. The lowest BCUT2D eigenvalue weighted by atomic mass is 10.1. The van der Waals surface area contributed by atoms with Gasteiger partial charge in [-0.3, -0.25) is 0 Å². The molecule has 0 N–H and O–H groups in total. The van der Waals surface area contributed by atoms with Crippen LogP contribution in [-0.2, 0) is 4.74 Å². The second-order valence-corrected chi connectivity index (χ2v) is 5.01. The molecule has 0 radical (unpaired) electrons. The van der Waals surface area contributed by atoms with Crippen LogP contribution in [0.2, 0.25) is 0 Å². The number of esters is 1. The van der Waals surface area contributed by atoms with Crippen LogP contribution in [0.1, 0.15) is 21.5 Å². The topological polar surface area (TPSA) is 35.5 Å². The number of hydrogen-bond donors (Lipinski definition) is 0. The number of ether oxygens (including phenoxy) is 2. The first kappa shape index (κ1) is 17.6. The molecule has 2 aromatic rings. The maximum Gasteiger partial charge on any atom is 0.413 e. The van der Waals surface area contributed by atoms with Gasteiger partial charge in [0.1, 0.15) is 17.1 Å². The molecule has 0 spiro atoms. The highest BCUT2D eigenvalue weighted by Gasteiger charge is 2.27. The molecule has 0 aromatic heterocycles. The second kappa shape index (κ2) is 7.21. The van der Waals surface area contributed by atoms with E-state index in [9.17, 15) is 18.0 Å². The zero-order valence-corrected chi connectivity index (χ0v) is 13.1. The molecule has 0 bridgehead atoms. The lowest BCUT2D eigenvalue weighted by Crippen LogP contribution is -2.10. The van der Waals surface area contributed by atoms with E-state index in [1.54, 1.807) is 31.2 Å². The van der Waals surface area contributed by atoms with Crippen molar-refractivity contribution in [1.29, 1.82) is 0 Å². The van der Waals surface area contributed by atoms with Crippen molar-refractivity contribution < 1.29 is 27.4 Å². The van der Waals surface area contributed by atoms with Crippen molar-refractivity contribution in [2.24, 2.45) is 0 Å². The summed E-state index contributed by atoms with van der Waals surface area (Å²) in [7, 11) is 1.36. The molecule has 0 aliphatic rings. The lowest BCUT2D eigenvalue weighted by molar-refractivity contribution is -0.0802. The Balaban J connectivity index is 2.37. The average Bonchev–Trinajstić information content (AvgIpc) is 2.53. The summed E-state index contributed by atoms with van der Waals surface area (Å²) in [5.41, 5.74) is 1.07. The van der Waals surface area contributed by atoms with E-state index in [2.05, 4.69) is 0 Å². The summed E-state index contributed by atoms with van der Waals surface area (Å²) < 4.78 is 48.4. The first-order valence-corrected chi connectivity index (χ1v) is 7.02. The Bertz CT molecular complexity index is 747. The van der Waals surface area contributed by atoms with E-state index >= 15 is 0 Å². The molecule has 0 saturated heterocycles. The molecular weight excluding hydrogens is 321 g/mol. The molecule has 0 amide bonds. The zero-order chi connectivity index (χ0) is 17.7. The number of para-hydroxylation sites is 1. The fraction of sp³-hybridized carbons (Fsp3) is 0.167. The van der Waals surface area contributed by atoms with Crippen molar-refractivity contribution in [3.8, 4) is 5.75 Å². The lowest BCUT2D eigenvalue weighted by Gasteiger charge is -2.12. The standard InChI is InChI=1S/C18H15F3O3/c1-12-7-9-13(10-8-12)16(11-18(19,20)21)24-17(22)14-5-3-4-6-15(14)23-2/h3-11H,1-2H3/b16-11+. The number of hydrogen-bond acceptors (Lipinski definition) is 3. The van der Waals surface area contributed by atoms with Gasteiger partial charge < -0.3 is 9.47 Å². The Morgan fingerprint density at radius 2 is 1.67 bits per heavy atom. The largest absolute Gasteiger partial charge is 0.496 e. The SMILES string of the molecule is COc1ccccc1C(=O)O/C(=C/C(F)(F)F)c1ccc(C)cc1. The van der Waals surface area contributed by atoms with Gasteiger partial charge in [-0.2, -0.15) is 13.2 Å². The van der Waals surface area contributed by atoms with E-state index in [1.165, 1.54) is 31.4 Å². The highest BCUT2D eigenvalue weighted by atomic mass is 19.4. The molecule has 0 aliphatic carbocycles. The summed E-state index contributed by atoms with van der Waals surface area (Å²) >= 11 is 0. The maximum atomic E-state index is 12.8. The summed E-state index contributed by atoms with van der Waals surface area (Å²) in [4.78, 5) is 12.3. The second-order valence-electron chi connectivity index (χ2n) is 5.01. The smallest absolute Gasteiger partial charge is 0.413 e. The number of rotatable bonds is 4. The number of carbonyl (C=O) groups excluding carboxylic acids is 1. The predicted octanol–water partition coefficient (Wildman–Crippen LogP) is 4.76. The van der Waals surface area contributed by atoms with Gasteiger partial charge in [0.05, 0.1) is 13.2 Å². The van der Waals surface area contributed by atoms with Gasteiger partial charge in [0.15, 0.2) is 0 Å². The van der Waals surface area contributed by atoms with Gasteiger partial charge in [-0.05, 0) is 19.1 Å². The molecule has 6 heteroatoms. The van der Waals surface area contributed by atoms with Crippen LogP contribution in [0.25, 0.3) is 5.76 Å². The molecule has 2 rings (SSSR count). The molecule has 0 heterocycles. The van der Waals surface area contributed by atoms with Crippen LogP contribution in [0.3, 0.4) is 0 Å². The van der Waals surface area contributed by atoms with Crippen LogP contribution in [0, 0.1) is 6.92 Å². The quantitative estimate of drug-likeness (QED) is 0.596. The Morgan fingerprint density at radius 3 is 2.25 bits per heavy atom. The first-order chi connectivity index (χ1) is 11.3. The van der Waals surface area contributed by atoms with E-state index in [1.807, 2.05) is 0 Å². The van der Waals surface area contributed by atoms with Crippen molar-refractivity contribution in [2.45, 2.75) is 13.1 Å². The number of benzene rings is 2. The van der Waals surface area contributed by atoms with E-state index in [-0.39, 0.29) is 23.0 Å². The van der Waals surface area contributed by atoms with Crippen molar-refractivity contribution in [2.75, 3.05) is 7.11 Å². The number of halogens is 3. The van der Waals surface area contributed by atoms with Crippen LogP contribution in [-0.4, -0.2) is 19.3 Å². The Labute approximate surface area is 137 Å². The fourth-order valence-electron chi connectivity index (χ4n) is 2.01. The van der Waals surface area contributed by atoms with Gasteiger partial charge in [0, 0.05) is 5.56 Å². The molecule has 0 fully saturated rings. The Hall–Kier alpha value is -2.76. The van der Waals surface area contributed by atoms with Gasteiger partial charge in [0.25, 0.3) is 0 Å². The van der Waals surface area contributed by atoms with Crippen molar-refractivity contribution in [3.63, 3.8) is 0 Å². The summed E-state index contributed by atoms with van der Waals surface area (Å²) in [6.07, 6.45) is -4.66. The Morgan fingerprint density at radius 1 is 1.04 bits per heavy atom. The zero-order valence-electron chi connectivity index (χ0n) is 13.1. The van der Waals surface area contributed by atoms with E-state index in [0.717, 1.165) is 5.56 Å². The number of allylic oxidation sites excluding steroid dienone is 1. The molecule has 0 aliphatic heterocycles. The molecule has 3 nitrogen and oxygen atoms in total. The van der Waals surface area contributed by atoms with Crippen LogP contribution in [0.4, 0.5) is 13.2 Å². The molecule has 0 atom stereocenters. The summed E-state index contributed by atoms with van der Waals surface area (Å²) in [5, 5.41) is 0. The third kappa shape index (κ3) is 4.62. The third-order valence-corrected chi connectivity index (χ3v) is 3.16. The van der Waals surface area contributed by atoms with Gasteiger partial charge in [-0.25, -0.2) is 4.79 Å². The summed E-state index contributed by atoms with van der Waals surface area (Å²) in [6.45, 7) is 1.80. The number of aryl methyl sites for hydroxylation is 1. The van der Waals surface area contributed by atoms with E-state index < -0.39 is 17.9 Å². The molecular formula is C18H15F3O3. The summed E-state index contributed by atoms with van der Waals surface area (Å²) in [6, 6.07) is 12.3. The minimum Gasteiger partial charge on any atom is -0.496 e. The number of alkyl halides is 3. The molecule has 0 unspecified atom stereocenters. The minimum atomic E-state index is -4.62. The number of methoxy groups -OCH3 is 1. The van der Waals surface area contributed by atoms with Crippen LogP contribution < -0.4 is 4.74 Å². The van der Waals surface area contributed by atoms with Gasteiger partial charge in [-0.1, -0.05) is 42.0 Å². The monoisotopic (exact) mass is 336 g/mol. The average molecular weight is 336 g/mol. The fourth-order valence-corrected chi connectivity index (χ4v) is 2.01. The molecule has 2 aromatic carbocycles. The van der Waals surface area contributed by atoms with Crippen molar-refractivity contribution in [3.05, 3.63) is 71.3 Å². The predicted molar refractivity (Wildman–Crippen MR) is 83.6 cm³/mol. The van der Waals surface area contributed by atoms with E-state index in [4.69, 9.17) is 9.47 Å². The van der Waals surface area contributed by atoms with Gasteiger partial charge >= 0.3 is 12.1 Å². The van der Waals surface area contributed by atoms with Gasteiger partial charge in [0.2, 0.25) is 0 Å². The molecule has 0 saturated carbocycles. The highest BCUT2D eigenvalue weighted by molar-refractivity contribution is 5.95.